The highest BCUT2D eigenvalue weighted by Gasteiger charge is 2.30. The molecule has 1 aromatic heterocycles. The van der Waals surface area contributed by atoms with Gasteiger partial charge in [0.05, 0.1) is 17.2 Å². The van der Waals surface area contributed by atoms with Crippen LogP contribution in [0.15, 0.2) is 60.7 Å². The molecule has 0 bridgehead atoms. The quantitative estimate of drug-likeness (QED) is 0.770. The third-order valence-corrected chi connectivity index (χ3v) is 3.66. The lowest BCUT2D eigenvalue weighted by molar-refractivity contribution is -0.137. The SMILES string of the molecule is O[C@@H](Cc1ccc2ccccc2n1)c1cccc(C(F)(F)F)c1. The van der Waals surface area contributed by atoms with Crippen molar-refractivity contribution < 1.29 is 18.3 Å². The largest absolute Gasteiger partial charge is 0.416 e. The molecule has 0 amide bonds. The molecular formula is C18H14F3NO. The van der Waals surface area contributed by atoms with E-state index in [1.165, 1.54) is 12.1 Å². The maximum atomic E-state index is 12.7. The van der Waals surface area contributed by atoms with Crippen LogP contribution >= 0.6 is 0 Å². The second kappa shape index (κ2) is 6.01. The Labute approximate surface area is 131 Å². The summed E-state index contributed by atoms with van der Waals surface area (Å²) >= 11 is 0. The van der Waals surface area contributed by atoms with Crippen LogP contribution in [0.25, 0.3) is 10.9 Å². The van der Waals surface area contributed by atoms with Crippen LogP contribution in [0.2, 0.25) is 0 Å². The highest BCUT2D eigenvalue weighted by Crippen LogP contribution is 2.31. The predicted octanol–water partition coefficient (Wildman–Crippen LogP) is 4.53. The summed E-state index contributed by atoms with van der Waals surface area (Å²) in [7, 11) is 0. The first-order valence-electron chi connectivity index (χ1n) is 7.13. The van der Waals surface area contributed by atoms with Gasteiger partial charge in [-0.3, -0.25) is 4.98 Å². The molecular weight excluding hydrogens is 303 g/mol. The molecule has 0 aliphatic carbocycles. The number of hydrogen-bond donors (Lipinski definition) is 1. The molecule has 1 heterocycles. The lowest BCUT2D eigenvalue weighted by Gasteiger charge is -2.13. The molecule has 0 radical (unpaired) electrons. The normalized spacial score (nSPS) is 13.2. The monoisotopic (exact) mass is 317 g/mol. The van der Waals surface area contributed by atoms with Crippen LogP contribution in [0, 0.1) is 0 Å². The standard InChI is InChI=1S/C18H14F3NO/c19-18(20,21)14-6-3-5-13(10-14)17(23)11-15-9-8-12-4-1-2-7-16(12)22-15/h1-10,17,23H,11H2/t17-/m0/s1. The fourth-order valence-corrected chi connectivity index (χ4v) is 2.46. The van der Waals surface area contributed by atoms with Crippen molar-refractivity contribution in [2.24, 2.45) is 0 Å². The van der Waals surface area contributed by atoms with Crippen molar-refractivity contribution in [1.29, 1.82) is 0 Å². The lowest BCUT2D eigenvalue weighted by Crippen LogP contribution is -2.08. The Bertz CT molecular complexity index is 830. The van der Waals surface area contributed by atoms with Crippen molar-refractivity contribution in [2.75, 3.05) is 0 Å². The minimum atomic E-state index is -4.42. The molecule has 0 unspecified atom stereocenters. The van der Waals surface area contributed by atoms with Gasteiger partial charge in [-0.1, -0.05) is 36.4 Å². The summed E-state index contributed by atoms with van der Waals surface area (Å²) < 4.78 is 38.2. The molecule has 0 saturated carbocycles. The fourth-order valence-electron chi connectivity index (χ4n) is 2.46. The molecule has 23 heavy (non-hydrogen) atoms. The Hall–Kier alpha value is -2.40. The van der Waals surface area contributed by atoms with E-state index in [9.17, 15) is 18.3 Å². The third kappa shape index (κ3) is 3.51. The smallest absolute Gasteiger partial charge is 0.388 e. The average Bonchev–Trinajstić information content (AvgIpc) is 2.54. The Morgan fingerprint density at radius 1 is 0.957 bits per heavy atom. The van der Waals surface area contributed by atoms with Crippen LogP contribution in [0.5, 0.6) is 0 Å². The fraction of sp³-hybridized carbons (Fsp3) is 0.167. The summed E-state index contributed by atoms with van der Waals surface area (Å²) in [5.74, 6) is 0. The number of hydrogen-bond acceptors (Lipinski definition) is 2. The molecule has 1 atom stereocenters. The van der Waals surface area contributed by atoms with Crippen molar-refractivity contribution in [2.45, 2.75) is 18.7 Å². The van der Waals surface area contributed by atoms with E-state index < -0.39 is 17.8 Å². The van der Waals surface area contributed by atoms with Gasteiger partial charge < -0.3 is 5.11 Å². The number of rotatable bonds is 3. The molecule has 118 valence electrons. The van der Waals surface area contributed by atoms with Gasteiger partial charge in [0.25, 0.3) is 0 Å². The number of aliphatic hydroxyl groups is 1. The number of nitrogens with zero attached hydrogens (tertiary/aromatic N) is 1. The van der Waals surface area contributed by atoms with E-state index in [0.29, 0.717) is 5.69 Å². The summed E-state index contributed by atoms with van der Waals surface area (Å²) in [6, 6.07) is 16.0. The van der Waals surface area contributed by atoms with Crippen LogP contribution in [0.4, 0.5) is 13.2 Å². The van der Waals surface area contributed by atoms with Gasteiger partial charge in [-0.25, -0.2) is 0 Å². The van der Waals surface area contributed by atoms with Gasteiger partial charge in [-0.2, -0.15) is 13.2 Å². The van der Waals surface area contributed by atoms with Gasteiger partial charge in [0.15, 0.2) is 0 Å². The zero-order chi connectivity index (χ0) is 16.4. The van der Waals surface area contributed by atoms with E-state index in [1.54, 1.807) is 6.07 Å². The van der Waals surface area contributed by atoms with Crippen molar-refractivity contribution in [3.05, 3.63) is 77.5 Å². The molecule has 0 fully saturated rings. The minimum Gasteiger partial charge on any atom is -0.388 e. The Balaban J connectivity index is 1.84. The van der Waals surface area contributed by atoms with Gasteiger partial charge in [0, 0.05) is 17.5 Å². The molecule has 3 rings (SSSR count). The van der Waals surface area contributed by atoms with Crippen molar-refractivity contribution in [3.8, 4) is 0 Å². The predicted molar refractivity (Wildman–Crippen MR) is 81.9 cm³/mol. The summed E-state index contributed by atoms with van der Waals surface area (Å²) in [5, 5.41) is 11.2. The number of aliphatic hydroxyl groups excluding tert-OH is 1. The molecule has 0 spiro atoms. The highest BCUT2D eigenvalue weighted by molar-refractivity contribution is 5.78. The second-order valence-electron chi connectivity index (χ2n) is 5.34. The molecule has 5 heteroatoms. The third-order valence-electron chi connectivity index (χ3n) is 3.66. The zero-order valence-electron chi connectivity index (χ0n) is 12.1. The first kappa shape index (κ1) is 15.5. The number of alkyl halides is 3. The minimum absolute atomic E-state index is 0.159. The number of fused-ring (bicyclic) bond motifs is 1. The number of para-hydroxylation sites is 1. The summed E-state index contributed by atoms with van der Waals surface area (Å²) in [5.41, 5.74) is 0.894. The van der Waals surface area contributed by atoms with Crippen molar-refractivity contribution >= 4 is 10.9 Å². The summed E-state index contributed by atoms with van der Waals surface area (Å²) in [6.07, 6.45) is -5.30. The second-order valence-corrected chi connectivity index (χ2v) is 5.34. The summed E-state index contributed by atoms with van der Waals surface area (Å²) in [6.45, 7) is 0. The van der Waals surface area contributed by atoms with Crippen LogP contribution in [0.3, 0.4) is 0 Å². The molecule has 0 saturated heterocycles. The van der Waals surface area contributed by atoms with Gasteiger partial charge in [-0.05, 0) is 29.8 Å². The first-order chi connectivity index (χ1) is 10.9. The maximum absolute atomic E-state index is 12.7. The number of aromatic nitrogens is 1. The van der Waals surface area contributed by atoms with E-state index in [-0.39, 0.29) is 12.0 Å². The average molecular weight is 317 g/mol. The van der Waals surface area contributed by atoms with Crippen LogP contribution in [0.1, 0.15) is 22.9 Å². The number of halogens is 3. The van der Waals surface area contributed by atoms with E-state index >= 15 is 0 Å². The molecule has 3 aromatic rings. The van der Waals surface area contributed by atoms with E-state index in [2.05, 4.69) is 4.98 Å². The molecule has 1 N–H and O–H groups in total. The van der Waals surface area contributed by atoms with Crippen molar-refractivity contribution in [1.82, 2.24) is 4.98 Å². The van der Waals surface area contributed by atoms with Crippen LogP contribution < -0.4 is 0 Å². The molecule has 2 nitrogen and oxygen atoms in total. The van der Waals surface area contributed by atoms with E-state index in [0.717, 1.165) is 23.0 Å². The van der Waals surface area contributed by atoms with Crippen molar-refractivity contribution in [3.63, 3.8) is 0 Å². The lowest BCUT2D eigenvalue weighted by atomic mass is 10.0. The number of pyridine rings is 1. The van der Waals surface area contributed by atoms with Gasteiger partial charge >= 0.3 is 6.18 Å². The highest BCUT2D eigenvalue weighted by atomic mass is 19.4. The van der Waals surface area contributed by atoms with Gasteiger partial charge in [0.1, 0.15) is 0 Å². The Morgan fingerprint density at radius 3 is 2.52 bits per heavy atom. The molecule has 2 aromatic carbocycles. The Kier molecular flexibility index (Phi) is 4.05. The zero-order valence-corrected chi connectivity index (χ0v) is 12.1. The number of benzene rings is 2. The summed E-state index contributed by atoms with van der Waals surface area (Å²) in [4.78, 5) is 4.43. The van der Waals surface area contributed by atoms with Crippen LogP contribution in [-0.4, -0.2) is 10.1 Å². The topological polar surface area (TPSA) is 33.1 Å². The Morgan fingerprint density at radius 2 is 1.74 bits per heavy atom. The molecule has 0 aliphatic heterocycles. The first-order valence-corrected chi connectivity index (χ1v) is 7.13. The van der Waals surface area contributed by atoms with Gasteiger partial charge in [-0.15, -0.1) is 0 Å². The van der Waals surface area contributed by atoms with Gasteiger partial charge in [0.2, 0.25) is 0 Å². The molecule has 0 aliphatic rings. The maximum Gasteiger partial charge on any atom is 0.416 e. The van der Waals surface area contributed by atoms with E-state index in [4.69, 9.17) is 0 Å². The van der Waals surface area contributed by atoms with E-state index in [1.807, 2.05) is 30.3 Å². The van der Waals surface area contributed by atoms with Crippen LogP contribution in [-0.2, 0) is 12.6 Å².